The summed E-state index contributed by atoms with van der Waals surface area (Å²) >= 11 is 0. The molecule has 1 aliphatic rings. The lowest BCUT2D eigenvalue weighted by molar-refractivity contribution is 0.0217. The van der Waals surface area contributed by atoms with Crippen molar-refractivity contribution in [2.24, 2.45) is 11.0 Å². The molecule has 0 radical (unpaired) electrons. The highest BCUT2D eigenvalue weighted by atomic mass is 28.4. The number of hydrogen-bond acceptors (Lipinski definition) is 5. The Morgan fingerprint density at radius 1 is 0.474 bits per heavy atom. The Hall–Kier alpha value is -2.90. The Balaban J connectivity index is -0.000000947. The zero-order valence-corrected chi connectivity index (χ0v) is 56.6. The van der Waals surface area contributed by atoms with Gasteiger partial charge in [-0.1, -0.05) is 230 Å². The van der Waals surface area contributed by atoms with Crippen molar-refractivity contribution in [1.29, 1.82) is 0 Å². The smallest absolute Gasteiger partial charge is 0.333 e. The van der Waals surface area contributed by atoms with E-state index in [0.717, 1.165) is 12.3 Å². The molecule has 1 rings (SSSR count). The maximum Gasteiger partial charge on any atom is 0.333 e. The third-order valence-corrected chi connectivity index (χ3v) is 32.0. The Morgan fingerprint density at radius 3 is 1.20 bits per heavy atom. The first-order chi connectivity index (χ1) is 34.3. The molecule has 1 N–H and O–H groups in total. The van der Waals surface area contributed by atoms with Crippen LogP contribution in [0.5, 0.6) is 0 Å². The second-order valence-electron chi connectivity index (χ2n) is 28.0. The molecule has 0 spiro atoms. The molecular formula is C61H108F4N4O3Si4. The van der Waals surface area contributed by atoms with Gasteiger partial charge in [0.15, 0.2) is 0 Å². The molecule has 0 amide bonds. The highest BCUT2D eigenvalue weighted by Crippen LogP contribution is 2.54. The van der Waals surface area contributed by atoms with Crippen molar-refractivity contribution >= 4 is 33.6 Å². The molecule has 0 saturated heterocycles. The van der Waals surface area contributed by atoms with Crippen LogP contribution in [0.3, 0.4) is 0 Å². The lowest BCUT2D eigenvalue weighted by Gasteiger charge is -2.40. The summed E-state index contributed by atoms with van der Waals surface area (Å²) in [5, 5.41) is 3.16. The zero-order valence-electron chi connectivity index (χ0n) is 52.6. The van der Waals surface area contributed by atoms with Crippen LogP contribution < -0.4 is 5.32 Å². The summed E-state index contributed by atoms with van der Waals surface area (Å²) in [6.07, 6.45) is 19.0. The van der Waals surface area contributed by atoms with Crippen LogP contribution in [-0.2, 0) is 14.2 Å². The fourth-order valence-corrected chi connectivity index (χ4v) is 22.5. The highest BCUT2D eigenvalue weighted by molar-refractivity contribution is 6.87. The second kappa shape index (κ2) is 33.6. The molecule has 0 atom stereocenters. The molecule has 7 nitrogen and oxygen atoms in total. The van der Waals surface area contributed by atoms with E-state index in [0.29, 0.717) is 52.4 Å². The molecule has 0 aromatic rings. The number of unbranched alkanes of at least 4 members (excludes halogenated alkanes) is 1. The first kappa shape index (κ1) is 77.3. The molecule has 0 unspecified atom stereocenters. The molecule has 15 heteroatoms. The van der Waals surface area contributed by atoms with Gasteiger partial charge in [0.25, 0.3) is 0 Å². The first-order valence-corrected chi connectivity index (χ1v) is 34.8. The summed E-state index contributed by atoms with van der Waals surface area (Å²) in [4.78, 5) is 2.56. The maximum atomic E-state index is 15.5. The fraction of sp³-hybridized carbons (Fsp3) is 0.803. The largest absolute Gasteiger partial charge is 0.377 e. The number of nitrogens with zero attached hydrogens (tertiary/aromatic N) is 3. The molecule has 1 aliphatic carbocycles. The average molecular weight is 1130 g/mol. The number of hydrogen-bond donors (Lipinski definition) is 1. The molecule has 76 heavy (non-hydrogen) atoms. The van der Waals surface area contributed by atoms with E-state index in [4.69, 9.17) is 32.6 Å². The van der Waals surface area contributed by atoms with Crippen LogP contribution in [0, 0.1) is 76.5 Å². The monoisotopic (exact) mass is 1130 g/mol. The van der Waals surface area contributed by atoms with E-state index >= 15 is 16.4 Å². The van der Waals surface area contributed by atoms with Gasteiger partial charge in [-0.05, 0) is 64.6 Å². The van der Waals surface area contributed by atoms with Crippen molar-refractivity contribution < 1.29 is 30.6 Å². The first-order valence-electron chi connectivity index (χ1n) is 27.3. The number of terminal acetylenes is 2. The Kier molecular flexibility index (Phi) is 34.2. The number of halogens is 4. The third-order valence-electron chi connectivity index (χ3n) is 13.4. The molecule has 0 aromatic heterocycles. The molecule has 0 bridgehead atoms. The molecule has 1 fully saturated rings. The SMILES string of the molecule is C#CCCC#C[Si]([18F])(C(C)(C)C)C(C)(C)C.C#CCNCC#C[Si]([18F])(C(C)(C)C)C(C)(C)C.CC(C)(C)[Si](F)(C#CCC1CCCCC1)C(C)(C)C.CC(C)(C)[Si]([18F])(C#CCOCCOCCOCN=[N+]=[N-])C(C)(C)C. The third kappa shape index (κ3) is 26.8. The van der Waals surface area contributed by atoms with Gasteiger partial charge in [-0.2, -0.15) is 0 Å². The van der Waals surface area contributed by atoms with Gasteiger partial charge in [-0.25, -0.2) is 0 Å². The number of nitrogens with one attached hydrogen (secondary N) is 1. The van der Waals surface area contributed by atoms with E-state index in [2.05, 4.69) is 73.0 Å². The normalized spacial score (nSPS) is 14.1. The summed E-state index contributed by atoms with van der Waals surface area (Å²) in [6, 6.07) is 0. The van der Waals surface area contributed by atoms with Crippen molar-refractivity contribution in [3.63, 3.8) is 0 Å². The van der Waals surface area contributed by atoms with E-state index < -0.39 is 43.7 Å². The van der Waals surface area contributed by atoms with Crippen molar-refractivity contribution in [2.45, 2.75) is 258 Å². The van der Waals surface area contributed by atoms with Gasteiger partial charge in [0, 0.05) is 24.2 Å². The predicted molar refractivity (Wildman–Crippen MR) is 329 cm³/mol. The van der Waals surface area contributed by atoms with Gasteiger partial charge >= 0.3 is 33.6 Å². The van der Waals surface area contributed by atoms with Crippen LogP contribution in [0.4, 0.5) is 16.4 Å². The second-order valence-corrected chi connectivity index (χ2v) is 46.3. The van der Waals surface area contributed by atoms with Crippen LogP contribution in [-0.4, -0.2) is 86.5 Å². The lowest BCUT2D eigenvalue weighted by atomic mass is 9.87. The molecule has 0 aliphatic heterocycles. The Bertz CT molecular complexity index is 2040. The van der Waals surface area contributed by atoms with Crippen LogP contribution >= 0.6 is 0 Å². The van der Waals surface area contributed by atoms with E-state index in [1.165, 1.54) is 32.1 Å². The van der Waals surface area contributed by atoms with E-state index in [-0.39, 0.29) is 43.6 Å². The molecule has 434 valence electrons. The minimum Gasteiger partial charge on any atom is -0.377 e. The Labute approximate surface area is 470 Å². The van der Waals surface area contributed by atoms with Crippen LogP contribution in [0.1, 0.15) is 218 Å². The van der Waals surface area contributed by atoms with Crippen LogP contribution in [0.15, 0.2) is 5.11 Å². The fourth-order valence-electron chi connectivity index (χ4n) is 9.14. The lowest BCUT2D eigenvalue weighted by Crippen LogP contribution is -2.47. The number of azide groups is 1. The molecule has 1 saturated carbocycles. The average Bonchev–Trinajstić information content (AvgIpc) is 3.26. The zero-order chi connectivity index (χ0) is 60.2. The van der Waals surface area contributed by atoms with Gasteiger partial charge < -0.3 is 14.2 Å². The van der Waals surface area contributed by atoms with Gasteiger partial charge in [0.2, 0.25) is 0 Å². The quantitative estimate of drug-likeness (QED) is 0.0291. The van der Waals surface area contributed by atoms with Crippen LogP contribution in [0.2, 0.25) is 40.3 Å². The molecule has 0 aromatic carbocycles. The van der Waals surface area contributed by atoms with Gasteiger partial charge in [0.1, 0.15) is 13.3 Å². The summed E-state index contributed by atoms with van der Waals surface area (Å²) in [7, 11) is -12.7. The van der Waals surface area contributed by atoms with Crippen LogP contribution in [0.25, 0.3) is 10.4 Å². The minimum atomic E-state index is -3.27. The van der Waals surface area contributed by atoms with E-state index in [1.807, 2.05) is 166 Å². The van der Waals surface area contributed by atoms with Crippen molar-refractivity contribution in [1.82, 2.24) is 5.32 Å². The van der Waals surface area contributed by atoms with E-state index in [9.17, 15) is 0 Å². The standard InChI is InChI=1S/C17H31FSi.C16H30FN3O3Si.C14H24FNSi.C14H23FSi/c1-16(2,3)19(18,17(4,5)6)14-10-13-15-11-8-7-9-12-15;1-15(2,3)24(17,16(4,5)6)13-7-8-21-9-10-22-11-12-23-14-19-20-18;1-8-10-16-11-9-12-17(15,13(2,3)4)14(5,6)7;1-8-9-10-11-12-16(15,13(2,3)4)14(5,6)7/h15H,7-9,11-13H2,1-6H3;8-12,14H2,1-6H3;1,16H,10-11H2,2-7H3;1H,9-10H2,2-7H3/i;17-1;2*15-1. The maximum absolute atomic E-state index is 15.5. The summed E-state index contributed by atoms with van der Waals surface area (Å²) < 4.78 is 76.9. The van der Waals surface area contributed by atoms with E-state index in [1.54, 1.807) is 0 Å². The topological polar surface area (TPSA) is 88.5 Å². The van der Waals surface area contributed by atoms with Crippen molar-refractivity contribution in [3.05, 3.63) is 10.4 Å². The van der Waals surface area contributed by atoms with Crippen molar-refractivity contribution in [3.8, 4) is 70.5 Å². The summed E-state index contributed by atoms with van der Waals surface area (Å²) in [5.74, 6) is 17.6. The summed E-state index contributed by atoms with van der Waals surface area (Å²) in [5.41, 5.74) is 20.0. The molecular weight excluding hydrogens is 1020 g/mol. The highest BCUT2D eigenvalue weighted by Gasteiger charge is 2.57. The van der Waals surface area contributed by atoms with Crippen molar-refractivity contribution in [2.75, 3.05) is 52.9 Å². The summed E-state index contributed by atoms with van der Waals surface area (Å²) in [6.45, 7) is 49.5. The molecule has 0 heterocycles. The Morgan fingerprint density at radius 2 is 0.829 bits per heavy atom. The minimum absolute atomic E-state index is 0.00235. The van der Waals surface area contributed by atoms with Gasteiger partial charge in [-0.15, -0.1) is 30.6 Å². The van der Waals surface area contributed by atoms with Gasteiger partial charge in [0.05, 0.1) is 39.5 Å². The van der Waals surface area contributed by atoms with Gasteiger partial charge in [-0.3, -0.25) is 21.7 Å². The predicted octanol–water partition coefficient (Wildman–Crippen LogP) is 18.1. The number of ether oxygens (including phenoxy) is 3. The number of rotatable bonds is 13.